The molecule has 2 aromatic rings. The zero-order valence-corrected chi connectivity index (χ0v) is 10.1. The molecule has 0 radical (unpaired) electrons. The van der Waals surface area contributed by atoms with Crippen LogP contribution < -0.4 is 5.32 Å². The van der Waals surface area contributed by atoms with Gasteiger partial charge in [0.05, 0.1) is 5.69 Å². The Morgan fingerprint density at radius 3 is 2.72 bits per heavy atom. The van der Waals surface area contributed by atoms with E-state index in [2.05, 4.69) is 15.5 Å². The number of amides is 1. The molecule has 1 amide bonds. The zero-order chi connectivity index (χ0) is 12.8. The number of hydrogen-bond acceptors (Lipinski definition) is 3. The van der Waals surface area contributed by atoms with E-state index in [4.69, 9.17) is 4.74 Å². The van der Waals surface area contributed by atoms with Crippen LogP contribution in [0.3, 0.4) is 0 Å². The van der Waals surface area contributed by atoms with Crippen LogP contribution in [-0.2, 0) is 16.1 Å². The molecular weight excluding hydrogens is 230 g/mol. The van der Waals surface area contributed by atoms with Crippen molar-refractivity contribution in [3.05, 3.63) is 42.1 Å². The van der Waals surface area contributed by atoms with Gasteiger partial charge < -0.3 is 10.1 Å². The van der Waals surface area contributed by atoms with Crippen LogP contribution in [0.1, 0.15) is 5.56 Å². The number of H-pyrrole nitrogens is 1. The molecule has 0 aliphatic rings. The van der Waals surface area contributed by atoms with Crippen molar-refractivity contribution in [1.29, 1.82) is 0 Å². The highest BCUT2D eigenvalue weighted by atomic mass is 16.5. The summed E-state index contributed by atoms with van der Waals surface area (Å²) in [6.07, 6.45) is 1.72. The SMILES string of the molecule is COCC(=O)NCc1ccc(-c2ccn[nH]2)cc1. The summed E-state index contributed by atoms with van der Waals surface area (Å²) in [5.41, 5.74) is 3.09. The van der Waals surface area contributed by atoms with E-state index in [0.717, 1.165) is 16.8 Å². The van der Waals surface area contributed by atoms with Crippen molar-refractivity contribution in [3.63, 3.8) is 0 Å². The Labute approximate surface area is 105 Å². The van der Waals surface area contributed by atoms with Crippen molar-refractivity contribution in [3.8, 4) is 11.3 Å². The minimum Gasteiger partial charge on any atom is -0.375 e. The largest absolute Gasteiger partial charge is 0.375 e. The molecular formula is C13H15N3O2. The quantitative estimate of drug-likeness (QED) is 0.835. The minimum atomic E-state index is -0.116. The number of aromatic nitrogens is 2. The molecule has 0 bridgehead atoms. The summed E-state index contributed by atoms with van der Waals surface area (Å²) < 4.78 is 4.74. The van der Waals surface area contributed by atoms with Gasteiger partial charge in [0.2, 0.25) is 5.91 Å². The van der Waals surface area contributed by atoms with Crippen LogP contribution in [0.15, 0.2) is 36.5 Å². The molecule has 5 nitrogen and oxygen atoms in total. The fraction of sp³-hybridized carbons (Fsp3) is 0.231. The Bertz CT molecular complexity index is 491. The molecule has 0 spiro atoms. The van der Waals surface area contributed by atoms with Crippen molar-refractivity contribution in [1.82, 2.24) is 15.5 Å². The number of hydrogen-bond donors (Lipinski definition) is 2. The fourth-order valence-corrected chi connectivity index (χ4v) is 1.60. The molecule has 2 rings (SSSR count). The third-order valence-electron chi connectivity index (χ3n) is 2.53. The number of ether oxygens (including phenoxy) is 1. The van der Waals surface area contributed by atoms with E-state index in [1.54, 1.807) is 6.20 Å². The normalized spacial score (nSPS) is 10.3. The van der Waals surface area contributed by atoms with Gasteiger partial charge in [-0.25, -0.2) is 0 Å². The first-order valence-corrected chi connectivity index (χ1v) is 5.64. The van der Waals surface area contributed by atoms with E-state index in [0.29, 0.717) is 6.54 Å². The summed E-state index contributed by atoms with van der Waals surface area (Å²) in [5.74, 6) is -0.116. The number of benzene rings is 1. The predicted octanol–water partition coefficient (Wildman–Crippen LogP) is 1.34. The van der Waals surface area contributed by atoms with Gasteiger partial charge >= 0.3 is 0 Å². The monoisotopic (exact) mass is 245 g/mol. The Hall–Kier alpha value is -2.14. The molecule has 94 valence electrons. The van der Waals surface area contributed by atoms with Crippen molar-refractivity contribution >= 4 is 5.91 Å². The van der Waals surface area contributed by atoms with Crippen molar-refractivity contribution < 1.29 is 9.53 Å². The average Bonchev–Trinajstić information content (AvgIpc) is 2.91. The maximum atomic E-state index is 11.2. The van der Waals surface area contributed by atoms with Crippen LogP contribution in [0.4, 0.5) is 0 Å². The second-order valence-corrected chi connectivity index (χ2v) is 3.88. The third-order valence-corrected chi connectivity index (χ3v) is 2.53. The van der Waals surface area contributed by atoms with Crippen molar-refractivity contribution in [2.24, 2.45) is 0 Å². The first kappa shape index (κ1) is 12.3. The molecule has 18 heavy (non-hydrogen) atoms. The number of carbonyl (C=O) groups is 1. The number of nitrogens with one attached hydrogen (secondary N) is 2. The first-order chi connectivity index (χ1) is 8.79. The van der Waals surface area contributed by atoms with E-state index in [-0.39, 0.29) is 12.5 Å². The predicted molar refractivity (Wildman–Crippen MR) is 67.7 cm³/mol. The van der Waals surface area contributed by atoms with Gasteiger partial charge in [0.1, 0.15) is 6.61 Å². The summed E-state index contributed by atoms with van der Waals surface area (Å²) in [5, 5.41) is 9.58. The molecule has 0 unspecified atom stereocenters. The van der Waals surface area contributed by atoms with Gasteiger partial charge in [-0.05, 0) is 17.2 Å². The van der Waals surface area contributed by atoms with Crippen LogP contribution in [0.5, 0.6) is 0 Å². The number of methoxy groups -OCH3 is 1. The molecule has 0 saturated carbocycles. The first-order valence-electron chi connectivity index (χ1n) is 5.64. The second-order valence-electron chi connectivity index (χ2n) is 3.88. The lowest BCUT2D eigenvalue weighted by molar-refractivity contribution is -0.124. The highest BCUT2D eigenvalue weighted by molar-refractivity contribution is 5.77. The molecule has 5 heteroatoms. The summed E-state index contributed by atoms with van der Waals surface area (Å²) in [6.45, 7) is 0.595. The lowest BCUT2D eigenvalue weighted by Crippen LogP contribution is -2.26. The van der Waals surface area contributed by atoms with Crippen molar-refractivity contribution in [2.75, 3.05) is 13.7 Å². The van der Waals surface area contributed by atoms with Gasteiger partial charge in [0, 0.05) is 19.9 Å². The Morgan fingerprint density at radius 2 is 2.11 bits per heavy atom. The fourth-order valence-electron chi connectivity index (χ4n) is 1.60. The van der Waals surface area contributed by atoms with Gasteiger partial charge in [0.25, 0.3) is 0 Å². The molecule has 1 aromatic heterocycles. The average molecular weight is 245 g/mol. The molecule has 1 aromatic carbocycles. The summed E-state index contributed by atoms with van der Waals surface area (Å²) in [4.78, 5) is 11.2. The maximum absolute atomic E-state index is 11.2. The van der Waals surface area contributed by atoms with E-state index in [1.807, 2.05) is 30.3 Å². The van der Waals surface area contributed by atoms with E-state index >= 15 is 0 Å². The van der Waals surface area contributed by atoms with Crippen LogP contribution in [0.25, 0.3) is 11.3 Å². The van der Waals surface area contributed by atoms with Gasteiger partial charge in [-0.15, -0.1) is 0 Å². The topological polar surface area (TPSA) is 67.0 Å². The van der Waals surface area contributed by atoms with E-state index < -0.39 is 0 Å². The number of nitrogens with zero attached hydrogens (tertiary/aromatic N) is 1. The van der Waals surface area contributed by atoms with Gasteiger partial charge in [-0.1, -0.05) is 24.3 Å². The Balaban J connectivity index is 1.94. The van der Waals surface area contributed by atoms with E-state index in [1.165, 1.54) is 7.11 Å². The molecule has 0 saturated heterocycles. The summed E-state index contributed by atoms with van der Waals surface area (Å²) in [6, 6.07) is 9.85. The standard InChI is InChI=1S/C13H15N3O2/c1-18-9-13(17)14-8-10-2-4-11(5-3-10)12-6-7-15-16-12/h2-7H,8-9H2,1H3,(H,14,17)(H,15,16). The molecule has 0 aliphatic carbocycles. The molecule has 1 heterocycles. The Kier molecular flexibility index (Phi) is 4.09. The summed E-state index contributed by atoms with van der Waals surface area (Å²) in [7, 11) is 1.50. The lowest BCUT2D eigenvalue weighted by Gasteiger charge is -2.05. The smallest absolute Gasteiger partial charge is 0.246 e. The number of rotatable bonds is 5. The highest BCUT2D eigenvalue weighted by Crippen LogP contribution is 2.16. The van der Waals surface area contributed by atoms with Crippen LogP contribution in [-0.4, -0.2) is 29.8 Å². The van der Waals surface area contributed by atoms with Crippen LogP contribution in [0, 0.1) is 0 Å². The molecule has 2 N–H and O–H groups in total. The maximum Gasteiger partial charge on any atom is 0.246 e. The molecule has 0 fully saturated rings. The van der Waals surface area contributed by atoms with Gasteiger partial charge in [0.15, 0.2) is 0 Å². The van der Waals surface area contributed by atoms with Crippen molar-refractivity contribution in [2.45, 2.75) is 6.54 Å². The third kappa shape index (κ3) is 3.18. The number of carbonyl (C=O) groups excluding carboxylic acids is 1. The summed E-state index contributed by atoms with van der Waals surface area (Å²) >= 11 is 0. The minimum absolute atomic E-state index is 0.0895. The Morgan fingerprint density at radius 1 is 1.33 bits per heavy atom. The second kappa shape index (κ2) is 5.97. The van der Waals surface area contributed by atoms with E-state index in [9.17, 15) is 4.79 Å². The molecule has 0 atom stereocenters. The van der Waals surface area contributed by atoms with Crippen LogP contribution in [0.2, 0.25) is 0 Å². The van der Waals surface area contributed by atoms with Gasteiger partial charge in [-0.3, -0.25) is 9.89 Å². The highest BCUT2D eigenvalue weighted by Gasteiger charge is 2.01. The zero-order valence-electron chi connectivity index (χ0n) is 10.1. The lowest BCUT2D eigenvalue weighted by atomic mass is 10.1. The van der Waals surface area contributed by atoms with Gasteiger partial charge in [-0.2, -0.15) is 5.10 Å². The molecule has 0 aliphatic heterocycles. The number of aromatic amines is 1. The van der Waals surface area contributed by atoms with Crippen LogP contribution >= 0.6 is 0 Å².